The summed E-state index contributed by atoms with van der Waals surface area (Å²) in [5, 5.41) is 3.11. The molecule has 0 aromatic heterocycles. The highest BCUT2D eigenvalue weighted by atomic mass is 16.5. The lowest BCUT2D eigenvalue weighted by atomic mass is 9.98. The van der Waals surface area contributed by atoms with Crippen molar-refractivity contribution in [1.29, 1.82) is 0 Å². The number of nitrogens with one attached hydrogen (secondary N) is 1. The van der Waals surface area contributed by atoms with Gasteiger partial charge in [-0.15, -0.1) is 0 Å². The number of hydrogen-bond donors (Lipinski definition) is 1. The van der Waals surface area contributed by atoms with E-state index in [2.05, 4.69) is 42.8 Å². The van der Waals surface area contributed by atoms with E-state index in [1.807, 2.05) is 0 Å². The van der Waals surface area contributed by atoms with Gasteiger partial charge in [-0.25, -0.2) is 0 Å². The van der Waals surface area contributed by atoms with Gasteiger partial charge in [-0.05, 0) is 45.4 Å². The van der Waals surface area contributed by atoms with Crippen LogP contribution in [0, 0.1) is 0 Å². The van der Waals surface area contributed by atoms with E-state index in [0.29, 0.717) is 26.1 Å². The Kier molecular flexibility index (Phi) is 11.5. The minimum absolute atomic E-state index is 0.266. The molecular formula is C19H37N3O4. The quantitative estimate of drug-likeness (QED) is 0.518. The lowest BCUT2D eigenvalue weighted by Gasteiger charge is -2.29. The van der Waals surface area contributed by atoms with Crippen molar-refractivity contribution in [1.82, 2.24) is 15.1 Å². The van der Waals surface area contributed by atoms with Gasteiger partial charge in [0.05, 0.1) is 0 Å². The highest BCUT2D eigenvalue weighted by molar-refractivity contribution is 5.80. The number of nitrogens with zero attached hydrogens (tertiary/aromatic N) is 2. The Bertz CT molecular complexity index is 376. The smallest absolute Gasteiger partial charge is 0.323 e. The summed E-state index contributed by atoms with van der Waals surface area (Å²) in [5.74, 6) is -0.532. The van der Waals surface area contributed by atoms with Gasteiger partial charge in [0, 0.05) is 13.1 Å². The number of ether oxygens (including phenoxy) is 2. The number of carbonyl (C=O) groups is 2. The molecule has 1 heterocycles. The molecule has 0 bridgehead atoms. The second-order valence-electron chi connectivity index (χ2n) is 6.59. The van der Waals surface area contributed by atoms with Gasteiger partial charge in [-0.1, -0.05) is 27.7 Å². The molecule has 152 valence electrons. The fourth-order valence-electron chi connectivity index (χ4n) is 3.14. The average molecular weight is 372 g/mol. The minimum Gasteiger partial charge on any atom is -0.463 e. The van der Waals surface area contributed by atoms with Crippen LogP contribution < -0.4 is 5.32 Å². The maximum Gasteiger partial charge on any atom is 0.323 e. The van der Waals surface area contributed by atoms with Crippen LogP contribution in [-0.4, -0.2) is 86.3 Å². The molecule has 0 aromatic carbocycles. The topological polar surface area (TPSA) is 71.1 Å². The Morgan fingerprint density at radius 2 is 1.19 bits per heavy atom. The fraction of sp³-hybridized carbons (Fsp3) is 0.895. The molecule has 1 fully saturated rings. The van der Waals surface area contributed by atoms with E-state index in [-0.39, 0.29) is 11.9 Å². The van der Waals surface area contributed by atoms with Crippen LogP contribution in [0.2, 0.25) is 0 Å². The van der Waals surface area contributed by atoms with E-state index in [1.54, 1.807) is 0 Å². The van der Waals surface area contributed by atoms with Crippen molar-refractivity contribution in [3.8, 4) is 0 Å². The number of piperidine rings is 1. The van der Waals surface area contributed by atoms with Crippen LogP contribution >= 0.6 is 0 Å². The molecule has 2 atom stereocenters. The third kappa shape index (κ3) is 8.01. The van der Waals surface area contributed by atoms with Crippen molar-refractivity contribution in [2.45, 2.75) is 59.0 Å². The molecule has 1 rings (SSSR count). The molecule has 1 saturated heterocycles. The summed E-state index contributed by atoms with van der Waals surface area (Å²) in [6.07, 6.45) is 2.22. The average Bonchev–Trinajstić information content (AvgIpc) is 2.68. The van der Waals surface area contributed by atoms with Crippen molar-refractivity contribution >= 4 is 11.9 Å². The Morgan fingerprint density at radius 1 is 0.808 bits per heavy atom. The molecular weight excluding hydrogens is 334 g/mol. The largest absolute Gasteiger partial charge is 0.463 e. The molecule has 1 aliphatic rings. The second-order valence-corrected chi connectivity index (χ2v) is 6.59. The summed E-state index contributed by atoms with van der Waals surface area (Å²) in [6, 6.07) is -0.832. The van der Waals surface area contributed by atoms with Crippen LogP contribution in [0.15, 0.2) is 0 Å². The molecule has 7 heteroatoms. The second kappa shape index (κ2) is 13.1. The molecule has 2 unspecified atom stereocenters. The van der Waals surface area contributed by atoms with Gasteiger partial charge in [-0.3, -0.25) is 14.9 Å². The van der Waals surface area contributed by atoms with E-state index in [0.717, 1.165) is 45.7 Å². The summed E-state index contributed by atoms with van der Waals surface area (Å²) in [5.41, 5.74) is 0. The summed E-state index contributed by atoms with van der Waals surface area (Å²) in [6.45, 7) is 14.4. The molecule has 0 aliphatic carbocycles. The highest BCUT2D eigenvalue weighted by Gasteiger charge is 2.32. The molecule has 0 radical (unpaired) electrons. The van der Waals surface area contributed by atoms with Crippen LogP contribution in [0.3, 0.4) is 0 Å². The summed E-state index contributed by atoms with van der Waals surface area (Å²) >= 11 is 0. The Hall–Kier alpha value is -1.18. The van der Waals surface area contributed by atoms with Crippen LogP contribution in [0.1, 0.15) is 47.0 Å². The van der Waals surface area contributed by atoms with Gasteiger partial charge in [-0.2, -0.15) is 0 Å². The third-order valence-electron chi connectivity index (χ3n) is 5.05. The van der Waals surface area contributed by atoms with Gasteiger partial charge in [0.25, 0.3) is 0 Å². The van der Waals surface area contributed by atoms with Crippen molar-refractivity contribution in [3.63, 3.8) is 0 Å². The number of rotatable bonds is 12. The SMILES string of the molecule is CCN(CC)CCOC(=O)C1CCCC(C(=O)OCCN(CC)CC)N1. The number of esters is 2. The maximum atomic E-state index is 12.2. The van der Waals surface area contributed by atoms with Crippen molar-refractivity contribution in [2.75, 3.05) is 52.5 Å². The lowest BCUT2D eigenvalue weighted by molar-refractivity contribution is -0.151. The van der Waals surface area contributed by atoms with Crippen LogP contribution in [0.5, 0.6) is 0 Å². The first-order valence-corrected chi connectivity index (χ1v) is 10.1. The van der Waals surface area contributed by atoms with E-state index < -0.39 is 12.1 Å². The van der Waals surface area contributed by atoms with E-state index in [1.165, 1.54) is 0 Å². The van der Waals surface area contributed by atoms with Gasteiger partial charge in [0.1, 0.15) is 25.3 Å². The Balaban J connectivity index is 2.33. The van der Waals surface area contributed by atoms with Crippen molar-refractivity contribution < 1.29 is 19.1 Å². The lowest BCUT2D eigenvalue weighted by Crippen LogP contribution is -2.51. The fourth-order valence-corrected chi connectivity index (χ4v) is 3.14. The number of carbonyl (C=O) groups excluding carboxylic acids is 2. The van der Waals surface area contributed by atoms with Crippen molar-refractivity contribution in [2.24, 2.45) is 0 Å². The zero-order valence-corrected chi connectivity index (χ0v) is 17.0. The standard InChI is InChI=1S/C19H37N3O4/c1-5-21(6-2)12-14-25-18(23)16-10-9-11-17(20-16)19(24)26-15-13-22(7-3)8-4/h16-17,20H,5-15H2,1-4H3. The molecule has 0 spiro atoms. The highest BCUT2D eigenvalue weighted by Crippen LogP contribution is 2.15. The number of likely N-dealkylation sites (N-methyl/N-ethyl adjacent to an activating group) is 2. The van der Waals surface area contributed by atoms with Gasteiger partial charge in [0.15, 0.2) is 0 Å². The summed E-state index contributed by atoms with van der Waals surface area (Å²) < 4.78 is 10.8. The van der Waals surface area contributed by atoms with E-state index >= 15 is 0 Å². The predicted molar refractivity (Wildman–Crippen MR) is 102 cm³/mol. The summed E-state index contributed by atoms with van der Waals surface area (Å²) in [4.78, 5) is 28.9. The molecule has 26 heavy (non-hydrogen) atoms. The third-order valence-corrected chi connectivity index (χ3v) is 5.05. The molecule has 0 saturated carbocycles. The van der Waals surface area contributed by atoms with E-state index in [9.17, 15) is 9.59 Å². The Labute approximate surface area is 158 Å². The maximum absolute atomic E-state index is 12.2. The van der Waals surface area contributed by atoms with Crippen LogP contribution in [-0.2, 0) is 19.1 Å². The Morgan fingerprint density at radius 3 is 1.54 bits per heavy atom. The van der Waals surface area contributed by atoms with Crippen LogP contribution in [0.4, 0.5) is 0 Å². The first-order valence-electron chi connectivity index (χ1n) is 10.1. The van der Waals surface area contributed by atoms with Crippen LogP contribution in [0.25, 0.3) is 0 Å². The van der Waals surface area contributed by atoms with Gasteiger partial charge in [0.2, 0.25) is 0 Å². The summed E-state index contributed by atoms with van der Waals surface area (Å²) in [7, 11) is 0. The minimum atomic E-state index is -0.416. The zero-order valence-electron chi connectivity index (χ0n) is 17.0. The van der Waals surface area contributed by atoms with Crippen molar-refractivity contribution in [3.05, 3.63) is 0 Å². The molecule has 7 nitrogen and oxygen atoms in total. The van der Waals surface area contributed by atoms with Gasteiger partial charge < -0.3 is 19.3 Å². The first-order chi connectivity index (χ1) is 12.5. The van der Waals surface area contributed by atoms with Gasteiger partial charge >= 0.3 is 11.9 Å². The predicted octanol–water partition coefficient (Wildman–Crippen LogP) is 1.27. The molecule has 0 amide bonds. The number of hydrogen-bond acceptors (Lipinski definition) is 7. The van der Waals surface area contributed by atoms with E-state index in [4.69, 9.17) is 9.47 Å². The normalized spacial score (nSPS) is 20.4. The zero-order chi connectivity index (χ0) is 19.4. The molecule has 1 aliphatic heterocycles. The molecule has 0 aromatic rings. The first kappa shape index (κ1) is 22.9. The monoisotopic (exact) mass is 371 g/mol. The molecule has 1 N–H and O–H groups in total.